The van der Waals surface area contributed by atoms with E-state index in [1.807, 2.05) is 0 Å². The third-order valence-electron chi connectivity index (χ3n) is 2.07. The molecule has 0 spiro atoms. The van der Waals surface area contributed by atoms with Crippen molar-refractivity contribution in [3.8, 4) is 0 Å². The standard InChI is InChI=1S/C11H5Br2F2NOS/c12-5-3-7(14)9(8(15)4-5)16-11(17)10-6(13)1-2-18-10/h1-4H,(H,16,17). The average Bonchev–Trinajstić information content (AvgIpc) is 2.69. The topological polar surface area (TPSA) is 29.1 Å². The van der Waals surface area contributed by atoms with E-state index in [0.29, 0.717) is 9.35 Å². The fourth-order valence-electron chi connectivity index (χ4n) is 1.29. The number of carbonyl (C=O) groups is 1. The molecule has 0 radical (unpaired) electrons. The number of benzene rings is 1. The second-order valence-corrected chi connectivity index (χ2v) is 5.98. The molecule has 1 N–H and O–H groups in total. The van der Waals surface area contributed by atoms with Crippen LogP contribution in [0, 0.1) is 11.6 Å². The third-order valence-corrected chi connectivity index (χ3v) is 4.36. The molecule has 7 heteroatoms. The molecule has 2 rings (SSSR count). The SMILES string of the molecule is O=C(Nc1c(F)cc(Br)cc1F)c1sccc1Br. The van der Waals surface area contributed by atoms with E-state index < -0.39 is 23.2 Å². The maximum absolute atomic E-state index is 13.5. The van der Waals surface area contributed by atoms with Gasteiger partial charge in [0.25, 0.3) is 5.91 Å². The zero-order valence-electron chi connectivity index (χ0n) is 8.64. The Morgan fingerprint density at radius 2 is 1.83 bits per heavy atom. The monoisotopic (exact) mass is 395 g/mol. The van der Waals surface area contributed by atoms with E-state index >= 15 is 0 Å². The van der Waals surface area contributed by atoms with Crippen LogP contribution in [0.2, 0.25) is 0 Å². The Kier molecular flexibility index (Phi) is 4.14. The van der Waals surface area contributed by atoms with E-state index in [2.05, 4.69) is 37.2 Å². The first-order chi connectivity index (χ1) is 8.49. The number of halogens is 4. The van der Waals surface area contributed by atoms with Gasteiger partial charge in [0.2, 0.25) is 0 Å². The minimum atomic E-state index is -0.831. The molecule has 2 nitrogen and oxygen atoms in total. The molecule has 1 heterocycles. The van der Waals surface area contributed by atoms with Gasteiger partial charge in [0.15, 0.2) is 11.6 Å². The number of rotatable bonds is 2. The fourth-order valence-corrected chi connectivity index (χ4v) is 3.14. The van der Waals surface area contributed by atoms with Crippen LogP contribution in [-0.4, -0.2) is 5.91 Å². The predicted molar refractivity (Wildman–Crippen MR) is 74.0 cm³/mol. The number of hydrogen-bond acceptors (Lipinski definition) is 2. The highest BCUT2D eigenvalue weighted by atomic mass is 79.9. The molecule has 0 bridgehead atoms. The highest BCUT2D eigenvalue weighted by molar-refractivity contribution is 9.10. The first kappa shape index (κ1) is 13.6. The molecule has 0 aliphatic heterocycles. The molecular weight excluding hydrogens is 392 g/mol. The van der Waals surface area contributed by atoms with Crippen molar-refractivity contribution in [2.75, 3.05) is 5.32 Å². The van der Waals surface area contributed by atoms with Crippen LogP contribution in [-0.2, 0) is 0 Å². The van der Waals surface area contributed by atoms with Crippen molar-refractivity contribution in [1.29, 1.82) is 0 Å². The second kappa shape index (κ2) is 5.46. The Hall–Kier alpha value is -0.790. The normalized spacial score (nSPS) is 10.4. The minimum absolute atomic E-state index is 0.271. The van der Waals surface area contributed by atoms with Crippen molar-refractivity contribution in [1.82, 2.24) is 0 Å². The zero-order chi connectivity index (χ0) is 13.3. The van der Waals surface area contributed by atoms with Crippen LogP contribution in [0.15, 0.2) is 32.5 Å². The maximum Gasteiger partial charge on any atom is 0.267 e. The van der Waals surface area contributed by atoms with Gasteiger partial charge in [-0.1, -0.05) is 15.9 Å². The van der Waals surface area contributed by atoms with Crippen molar-refractivity contribution in [3.05, 3.63) is 49.0 Å². The van der Waals surface area contributed by atoms with Gasteiger partial charge in [0.05, 0.1) is 0 Å². The first-order valence-corrected chi connectivity index (χ1v) is 7.14. The van der Waals surface area contributed by atoms with Gasteiger partial charge in [-0.25, -0.2) is 8.78 Å². The van der Waals surface area contributed by atoms with Crippen LogP contribution in [0.4, 0.5) is 14.5 Å². The van der Waals surface area contributed by atoms with E-state index in [0.717, 1.165) is 12.1 Å². The molecule has 2 aromatic rings. The van der Waals surface area contributed by atoms with Crippen molar-refractivity contribution in [2.45, 2.75) is 0 Å². The number of thiophene rings is 1. The molecule has 0 saturated heterocycles. The highest BCUT2D eigenvalue weighted by Gasteiger charge is 2.17. The fraction of sp³-hybridized carbons (Fsp3) is 0. The molecule has 18 heavy (non-hydrogen) atoms. The molecule has 0 aliphatic carbocycles. The lowest BCUT2D eigenvalue weighted by Crippen LogP contribution is -2.13. The molecule has 94 valence electrons. The summed E-state index contributed by atoms with van der Waals surface area (Å²) in [7, 11) is 0. The van der Waals surface area contributed by atoms with Gasteiger partial charge in [-0.05, 0) is 39.5 Å². The van der Waals surface area contributed by atoms with E-state index in [9.17, 15) is 13.6 Å². The molecule has 0 aliphatic rings. The molecule has 0 unspecified atom stereocenters. The minimum Gasteiger partial charge on any atom is -0.316 e. The quantitative estimate of drug-likeness (QED) is 0.775. The molecule has 0 saturated carbocycles. The summed E-state index contributed by atoms with van der Waals surface area (Å²) in [5.41, 5.74) is -0.455. The number of anilines is 1. The van der Waals surface area contributed by atoms with Gasteiger partial charge in [0.1, 0.15) is 10.6 Å². The van der Waals surface area contributed by atoms with Gasteiger partial charge < -0.3 is 5.32 Å². The average molecular weight is 397 g/mol. The number of amides is 1. The molecule has 0 fully saturated rings. The Bertz CT molecular complexity index is 592. The Morgan fingerprint density at radius 3 is 2.33 bits per heavy atom. The van der Waals surface area contributed by atoms with Gasteiger partial charge >= 0.3 is 0 Å². The van der Waals surface area contributed by atoms with Crippen LogP contribution in [0.5, 0.6) is 0 Å². The molecular formula is C11H5Br2F2NOS. The summed E-state index contributed by atoms with van der Waals surface area (Å²) in [4.78, 5) is 12.2. The molecule has 0 atom stereocenters. The Morgan fingerprint density at radius 1 is 1.22 bits per heavy atom. The smallest absolute Gasteiger partial charge is 0.267 e. The summed E-state index contributed by atoms with van der Waals surface area (Å²) in [5, 5.41) is 3.92. The second-order valence-electron chi connectivity index (χ2n) is 3.30. The van der Waals surface area contributed by atoms with Crippen molar-refractivity contribution in [3.63, 3.8) is 0 Å². The lowest BCUT2D eigenvalue weighted by Gasteiger charge is -2.07. The van der Waals surface area contributed by atoms with Crippen LogP contribution in [0.25, 0.3) is 0 Å². The van der Waals surface area contributed by atoms with E-state index in [1.54, 1.807) is 11.4 Å². The summed E-state index contributed by atoms with van der Waals surface area (Å²) in [6, 6.07) is 3.86. The number of nitrogens with one attached hydrogen (secondary N) is 1. The van der Waals surface area contributed by atoms with E-state index in [1.165, 1.54) is 11.3 Å². The van der Waals surface area contributed by atoms with Crippen molar-refractivity contribution in [2.24, 2.45) is 0 Å². The lowest BCUT2D eigenvalue weighted by molar-refractivity contribution is 0.102. The largest absolute Gasteiger partial charge is 0.316 e. The molecule has 1 aromatic heterocycles. The van der Waals surface area contributed by atoms with Crippen LogP contribution < -0.4 is 5.32 Å². The van der Waals surface area contributed by atoms with Crippen LogP contribution in [0.1, 0.15) is 9.67 Å². The lowest BCUT2D eigenvalue weighted by atomic mass is 10.3. The first-order valence-electron chi connectivity index (χ1n) is 4.68. The zero-order valence-corrected chi connectivity index (χ0v) is 12.6. The van der Waals surface area contributed by atoms with Gasteiger partial charge in [0, 0.05) is 8.95 Å². The van der Waals surface area contributed by atoms with E-state index in [-0.39, 0.29) is 4.47 Å². The van der Waals surface area contributed by atoms with Crippen molar-refractivity contribution < 1.29 is 13.6 Å². The summed E-state index contributed by atoms with van der Waals surface area (Å²) < 4.78 is 27.9. The predicted octanol–water partition coefficient (Wildman–Crippen LogP) is 4.80. The highest BCUT2D eigenvalue weighted by Crippen LogP contribution is 2.27. The maximum atomic E-state index is 13.5. The third kappa shape index (κ3) is 2.78. The van der Waals surface area contributed by atoms with E-state index in [4.69, 9.17) is 0 Å². The summed E-state index contributed by atoms with van der Waals surface area (Å²) in [6.07, 6.45) is 0. The molecule has 1 aromatic carbocycles. The Labute approximate surface area is 122 Å². The van der Waals surface area contributed by atoms with Gasteiger partial charge in [-0.3, -0.25) is 4.79 Å². The van der Waals surface area contributed by atoms with Gasteiger partial charge in [-0.15, -0.1) is 11.3 Å². The summed E-state index contributed by atoms with van der Waals surface area (Å²) >= 11 is 7.33. The van der Waals surface area contributed by atoms with Crippen LogP contribution in [0.3, 0.4) is 0 Å². The molecule has 1 amide bonds. The van der Waals surface area contributed by atoms with Gasteiger partial charge in [-0.2, -0.15) is 0 Å². The summed E-state index contributed by atoms with van der Waals surface area (Å²) in [5.74, 6) is -2.22. The number of carbonyl (C=O) groups excluding carboxylic acids is 1. The van der Waals surface area contributed by atoms with Crippen molar-refractivity contribution >= 4 is 54.8 Å². The summed E-state index contributed by atoms with van der Waals surface area (Å²) in [6.45, 7) is 0. The number of hydrogen-bond donors (Lipinski definition) is 1. The van der Waals surface area contributed by atoms with Crippen LogP contribution >= 0.6 is 43.2 Å². The Balaban J connectivity index is 2.31.